The third kappa shape index (κ3) is 2.17. The van der Waals surface area contributed by atoms with Crippen LogP contribution in [0.5, 0.6) is 0 Å². The summed E-state index contributed by atoms with van der Waals surface area (Å²) >= 11 is 3.63. The number of hydrogen-bond donors (Lipinski definition) is 2. The van der Waals surface area contributed by atoms with Crippen LogP contribution in [0.15, 0.2) is 27.7 Å². The molecule has 2 atom stereocenters. The lowest BCUT2D eigenvalue weighted by molar-refractivity contribution is -0.0115. The number of methoxy groups -OCH3 is 1. The lowest BCUT2D eigenvalue weighted by Crippen LogP contribution is -2.55. The van der Waals surface area contributed by atoms with E-state index in [4.69, 9.17) is 15.5 Å². The molecule has 1 fully saturated rings. The Kier molecular flexibility index (Phi) is 3.69. The highest BCUT2D eigenvalue weighted by Crippen LogP contribution is 2.60. The summed E-state index contributed by atoms with van der Waals surface area (Å²) in [5, 5.41) is 3.67. The van der Waals surface area contributed by atoms with E-state index in [-0.39, 0.29) is 17.2 Å². The van der Waals surface area contributed by atoms with Crippen molar-refractivity contribution in [3.63, 3.8) is 0 Å². The molecule has 4 rings (SSSR count). The van der Waals surface area contributed by atoms with Crippen LogP contribution in [-0.2, 0) is 16.8 Å². The molecule has 1 aromatic rings. The van der Waals surface area contributed by atoms with Crippen LogP contribution in [0.1, 0.15) is 43.7 Å². The van der Waals surface area contributed by atoms with Crippen molar-refractivity contribution >= 4 is 21.6 Å². The Balaban J connectivity index is 1.82. The maximum absolute atomic E-state index is 6.29. The van der Waals surface area contributed by atoms with Gasteiger partial charge in [-0.25, -0.2) is 0 Å². The number of halogens is 1. The van der Waals surface area contributed by atoms with Crippen molar-refractivity contribution < 1.29 is 4.74 Å². The van der Waals surface area contributed by atoms with Gasteiger partial charge in [-0.15, -0.1) is 0 Å². The molecule has 0 amide bonds. The van der Waals surface area contributed by atoms with Crippen molar-refractivity contribution in [1.29, 1.82) is 0 Å². The Morgan fingerprint density at radius 1 is 1.35 bits per heavy atom. The Bertz CT molecular complexity index is 666. The summed E-state index contributed by atoms with van der Waals surface area (Å²) < 4.78 is 6.70. The minimum absolute atomic E-state index is 0.112. The van der Waals surface area contributed by atoms with Crippen LogP contribution in [0, 0.1) is 5.41 Å². The molecule has 1 aromatic carbocycles. The van der Waals surface area contributed by atoms with Gasteiger partial charge >= 0.3 is 0 Å². The number of benzene rings is 1. The first-order valence-corrected chi connectivity index (χ1v) is 9.20. The molecule has 1 aliphatic heterocycles. The number of nitrogens with one attached hydrogen (secondary N) is 1. The number of rotatable bonds is 1. The highest BCUT2D eigenvalue weighted by atomic mass is 79.9. The summed E-state index contributed by atoms with van der Waals surface area (Å²) in [6.07, 6.45) is 5.73. The van der Waals surface area contributed by atoms with E-state index in [2.05, 4.69) is 39.4 Å². The highest BCUT2D eigenvalue weighted by molar-refractivity contribution is 9.10. The standard InChI is InChI=1S/C18H24BrN3O/c1-11-16(20)22-18(21-11)15-9-13(19)4-3-12(15)10-17(18)7-5-14(23-2)6-8-17/h3-4,9,14,16,22H,5-8,10,20H2,1-2H3. The Hall–Kier alpha value is -0.750. The summed E-state index contributed by atoms with van der Waals surface area (Å²) in [5.41, 5.74) is 9.75. The van der Waals surface area contributed by atoms with E-state index in [9.17, 15) is 0 Å². The molecule has 23 heavy (non-hydrogen) atoms. The summed E-state index contributed by atoms with van der Waals surface area (Å²) in [4.78, 5) is 5.13. The maximum atomic E-state index is 6.29. The lowest BCUT2D eigenvalue weighted by atomic mass is 9.65. The molecule has 5 heteroatoms. The predicted molar refractivity (Wildman–Crippen MR) is 95.4 cm³/mol. The molecule has 4 nitrogen and oxygen atoms in total. The zero-order valence-corrected chi connectivity index (χ0v) is 15.3. The first-order chi connectivity index (χ1) is 11.0. The first kappa shape index (κ1) is 15.8. The minimum Gasteiger partial charge on any atom is -0.381 e. The van der Waals surface area contributed by atoms with Crippen molar-refractivity contribution in [2.24, 2.45) is 16.1 Å². The average Bonchev–Trinajstić information content (AvgIpc) is 2.97. The minimum atomic E-state index is -0.367. The van der Waals surface area contributed by atoms with E-state index < -0.39 is 0 Å². The van der Waals surface area contributed by atoms with Crippen LogP contribution < -0.4 is 11.1 Å². The van der Waals surface area contributed by atoms with Crippen molar-refractivity contribution in [3.8, 4) is 0 Å². The summed E-state index contributed by atoms with van der Waals surface area (Å²) in [5.74, 6) is 0. The second-order valence-corrected chi connectivity index (χ2v) is 8.19. The van der Waals surface area contributed by atoms with Crippen LogP contribution in [0.2, 0.25) is 0 Å². The third-order valence-corrected chi connectivity index (χ3v) is 6.63. The summed E-state index contributed by atoms with van der Waals surface area (Å²) in [6, 6.07) is 6.61. The lowest BCUT2D eigenvalue weighted by Gasteiger charge is -2.46. The van der Waals surface area contributed by atoms with Crippen LogP contribution in [-0.4, -0.2) is 25.1 Å². The smallest absolute Gasteiger partial charge is 0.144 e. The topological polar surface area (TPSA) is 59.6 Å². The van der Waals surface area contributed by atoms with Crippen LogP contribution in [0.4, 0.5) is 0 Å². The van der Waals surface area contributed by atoms with Crippen molar-refractivity contribution in [2.45, 2.75) is 57.0 Å². The predicted octanol–water partition coefficient (Wildman–Crippen LogP) is 3.08. The van der Waals surface area contributed by atoms with Gasteiger partial charge in [0, 0.05) is 22.7 Å². The number of nitrogens with zero attached hydrogens (tertiary/aromatic N) is 1. The zero-order valence-electron chi connectivity index (χ0n) is 13.7. The van der Waals surface area contributed by atoms with Gasteiger partial charge in [0.15, 0.2) is 0 Å². The van der Waals surface area contributed by atoms with Crippen molar-refractivity contribution in [1.82, 2.24) is 5.32 Å². The van der Waals surface area contributed by atoms with Crippen LogP contribution >= 0.6 is 15.9 Å². The van der Waals surface area contributed by atoms with Gasteiger partial charge in [-0.05, 0) is 62.3 Å². The van der Waals surface area contributed by atoms with Gasteiger partial charge in [-0.1, -0.05) is 22.0 Å². The van der Waals surface area contributed by atoms with Crippen LogP contribution in [0.25, 0.3) is 0 Å². The van der Waals surface area contributed by atoms with Crippen LogP contribution in [0.3, 0.4) is 0 Å². The number of nitrogens with two attached hydrogens (primary N) is 1. The molecular weight excluding hydrogens is 354 g/mol. The molecule has 0 radical (unpaired) electrons. The monoisotopic (exact) mass is 377 g/mol. The first-order valence-electron chi connectivity index (χ1n) is 8.41. The van der Waals surface area contributed by atoms with Crippen molar-refractivity contribution in [2.75, 3.05) is 7.11 Å². The second-order valence-electron chi connectivity index (χ2n) is 7.28. The molecule has 1 heterocycles. The second kappa shape index (κ2) is 5.38. The Morgan fingerprint density at radius 2 is 2.09 bits per heavy atom. The molecule has 0 aromatic heterocycles. The number of ether oxygens (including phenoxy) is 1. The average molecular weight is 378 g/mol. The van der Waals surface area contributed by atoms with Gasteiger partial charge < -0.3 is 10.5 Å². The van der Waals surface area contributed by atoms with E-state index in [1.807, 2.05) is 14.0 Å². The molecular formula is C18H24BrN3O. The van der Waals surface area contributed by atoms with E-state index in [1.54, 1.807) is 0 Å². The number of aliphatic imine (C=N–C) groups is 1. The van der Waals surface area contributed by atoms with E-state index in [1.165, 1.54) is 11.1 Å². The molecule has 0 saturated heterocycles. The van der Waals surface area contributed by atoms with E-state index >= 15 is 0 Å². The number of hydrogen-bond acceptors (Lipinski definition) is 4. The summed E-state index contributed by atoms with van der Waals surface area (Å²) in [6.45, 7) is 2.04. The fourth-order valence-corrected chi connectivity index (χ4v) is 5.20. The molecule has 2 spiro atoms. The Morgan fingerprint density at radius 3 is 2.70 bits per heavy atom. The quantitative estimate of drug-likeness (QED) is 0.790. The van der Waals surface area contributed by atoms with Gasteiger partial charge in [-0.3, -0.25) is 10.3 Å². The molecule has 3 N–H and O–H groups in total. The maximum Gasteiger partial charge on any atom is 0.144 e. The fourth-order valence-electron chi connectivity index (χ4n) is 4.84. The third-order valence-electron chi connectivity index (χ3n) is 6.14. The number of fused-ring (bicyclic) bond motifs is 3. The zero-order chi connectivity index (χ0) is 16.2. The molecule has 0 bridgehead atoms. The van der Waals surface area contributed by atoms with Gasteiger partial charge in [0.2, 0.25) is 0 Å². The van der Waals surface area contributed by atoms with E-state index in [0.29, 0.717) is 6.10 Å². The van der Waals surface area contributed by atoms with Gasteiger partial charge in [0.05, 0.1) is 12.3 Å². The highest BCUT2D eigenvalue weighted by Gasteiger charge is 2.61. The fraction of sp³-hybridized carbons (Fsp3) is 0.611. The molecule has 2 aliphatic carbocycles. The summed E-state index contributed by atoms with van der Waals surface area (Å²) in [7, 11) is 1.82. The van der Waals surface area contributed by atoms with Gasteiger partial charge in [0.25, 0.3) is 0 Å². The van der Waals surface area contributed by atoms with Gasteiger partial charge in [0.1, 0.15) is 5.66 Å². The normalized spacial score (nSPS) is 39.0. The largest absolute Gasteiger partial charge is 0.381 e. The molecule has 3 aliphatic rings. The molecule has 1 saturated carbocycles. The molecule has 124 valence electrons. The molecule has 2 unspecified atom stereocenters. The Labute approximate surface area is 146 Å². The van der Waals surface area contributed by atoms with E-state index in [0.717, 1.165) is 42.3 Å². The van der Waals surface area contributed by atoms with Gasteiger partial charge in [-0.2, -0.15) is 0 Å². The SMILES string of the molecule is COC1CCC2(CC1)Cc1ccc(Br)cc1C21N=C(C)C(N)N1. The van der Waals surface area contributed by atoms with Crippen molar-refractivity contribution in [3.05, 3.63) is 33.8 Å².